The number of halogens is 1. The van der Waals surface area contributed by atoms with Crippen LogP contribution in [0.15, 0.2) is 16.7 Å². The van der Waals surface area contributed by atoms with Gasteiger partial charge in [0.05, 0.1) is 5.56 Å². The summed E-state index contributed by atoms with van der Waals surface area (Å²) in [5.74, 6) is 0.437. The molecule has 1 aliphatic rings. The minimum absolute atomic E-state index is 0.00574. The van der Waals surface area contributed by atoms with Crippen LogP contribution in [0.1, 0.15) is 10.4 Å². The van der Waals surface area contributed by atoms with Crippen LogP contribution in [0.2, 0.25) is 0 Å². The van der Waals surface area contributed by atoms with Gasteiger partial charge in [-0.25, -0.2) is 4.98 Å². The van der Waals surface area contributed by atoms with Crippen LogP contribution in [0.4, 0.5) is 0 Å². The first-order valence-corrected chi connectivity index (χ1v) is 3.88. The van der Waals surface area contributed by atoms with E-state index in [9.17, 15) is 4.79 Å². The van der Waals surface area contributed by atoms with Crippen molar-refractivity contribution in [1.82, 2.24) is 4.98 Å². The van der Waals surface area contributed by atoms with E-state index in [0.29, 0.717) is 11.4 Å². The summed E-state index contributed by atoms with van der Waals surface area (Å²) in [6, 6.07) is 1.72. The van der Waals surface area contributed by atoms with Gasteiger partial charge in [-0.15, -0.1) is 0 Å². The molecule has 0 atom stereocenters. The van der Waals surface area contributed by atoms with Crippen LogP contribution in [0.5, 0.6) is 5.88 Å². The Morgan fingerprint density at radius 1 is 1.64 bits per heavy atom. The summed E-state index contributed by atoms with van der Waals surface area (Å²) in [5.41, 5.74) is 0.569. The molecule has 4 heteroatoms. The van der Waals surface area contributed by atoms with Gasteiger partial charge in [0.25, 0.3) is 0 Å². The van der Waals surface area contributed by atoms with E-state index < -0.39 is 0 Å². The largest absolute Gasteiger partial charge is 0.469 e. The molecule has 1 aromatic rings. The van der Waals surface area contributed by atoms with Gasteiger partial charge in [-0.3, -0.25) is 4.79 Å². The van der Waals surface area contributed by atoms with Crippen molar-refractivity contribution in [3.8, 4) is 5.88 Å². The Morgan fingerprint density at radius 2 is 2.45 bits per heavy atom. The number of Topliss-reactive ketones (excluding diaryl/α,β-unsaturated/α-hetero) is 1. The second-order valence-electron chi connectivity index (χ2n) is 2.22. The Labute approximate surface area is 71.5 Å². The van der Waals surface area contributed by atoms with E-state index in [1.165, 1.54) is 0 Å². The van der Waals surface area contributed by atoms with Crippen LogP contribution in [0.25, 0.3) is 0 Å². The van der Waals surface area contributed by atoms with Crippen LogP contribution < -0.4 is 4.74 Å². The quantitative estimate of drug-likeness (QED) is 0.655. The van der Waals surface area contributed by atoms with Gasteiger partial charge in [-0.1, -0.05) is 0 Å². The second-order valence-corrected chi connectivity index (χ2v) is 3.13. The van der Waals surface area contributed by atoms with Crippen molar-refractivity contribution in [2.75, 3.05) is 6.61 Å². The molecule has 0 amide bonds. The van der Waals surface area contributed by atoms with Crippen molar-refractivity contribution >= 4 is 21.7 Å². The first kappa shape index (κ1) is 6.79. The number of carbonyl (C=O) groups is 1. The van der Waals surface area contributed by atoms with Gasteiger partial charge in [-0.2, -0.15) is 0 Å². The number of nitrogens with zero attached hydrogens (tertiary/aromatic N) is 1. The minimum atomic E-state index is -0.00574. The molecule has 11 heavy (non-hydrogen) atoms. The van der Waals surface area contributed by atoms with Gasteiger partial charge in [0.1, 0.15) is 0 Å². The number of aromatic nitrogens is 1. The third kappa shape index (κ3) is 1.03. The maximum Gasteiger partial charge on any atom is 0.225 e. The van der Waals surface area contributed by atoms with Crippen molar-refractivity contribution in [1.29, 1.82) is 0 Å². The molecular weight excluding hydrogens is 210 g/mol. The predicted octanol–water partition coefficient (Wildman–Crippen LogP) is 1.42. The van der Waals surface area contributed by atoms with Crippen LogP contribution in [-0.2, 0) is 0 Å². The molecule has 2 rings (SSSR count). The van der Waals surface area contributed by atoms with E-state index in [-0.39, 0.29) is 12.4 Å². The molecule has 0 aliphatic carbocycles. The highest BCUT2D eigenvalue weighted by Gasteiger charge is 2.21. The first-order chi connectivity index (χ1) is 5.27. The van der Waals surface area contributed by atoms with Crippen molar-refractivity contribution in [3.05, 3.63) is 22.3 Å². The zero-order valence-corrected chi connectivity index (χ0v) is 7.09. The molecule has 2 heterocycles. The number of ketones is 1. The van der Waals surface area contributed by atoms with Gasteiger partial charge >= 0.3 is 0 Å². The molecule has 0 spiro atoms. The average molecular weight is 214 g/mol. The zero-order valence-electron chi connectivity index (χ0n) is 5.50. The number of pyridine rings is 1. The highest BCUT2D eigenvalue weighted by atomic mass is 79.9. The van der Waals surface area contributed by atoms with Gasteiger partial charge in [0.15, 0.2) is 6.61 Å². The molecule has 1 aromatic heterocycles. The summed E-state index contributed by atoms with van der Waals surface area (Å²) in [4.78, 5) is 15.0. The van der Waals surface area contributed by atoms with Crippen LogP contribution in [-0.4, -0.2) is 17.4 Å². The third-order valence-electron chi connectivity index (χ3n) is 1.46. The highest BCUT2D eigenvalue weighted by Crippen LogP contribution is 2.24. The second kappa shape index (κ2) is 2.30. The van der Waals surface area contributed by atoms with E-state index in [1.54, 1.807) is 12.3 Å². The van der Waals surface area contributed by atoms with Crippen LogP contribution in [0.3, 0.4) is 0 Å². The molecule has 0 saturated heterocycles. The number of fused-ring (bicyclic) bond motifs is 1. The third-order valence-corrected chi connectivity index (χ3v) is 1.89. The lowest BCUT2D eigenvalue weighted by molar-refractivity contribution is 0.0960. The molecule has 3 nitrogen and oxygen atoms in total. The summed E-state index contributed by atoms with van der Waals surface area (Å²) in [6.07, 6.45) is 1.61. The van der Waals surface area contributed by atoms with Gasteiger partial charge in [0.2, 0.25) is 11.7 Å². The van der Waals surface area contributed by atoms with Crippen LogP contribution in [0, 0.1) is 0 Å². The first-order valence-electron chi connectivity index (χ1n) is 3.09. The van der Waals surface area contributed by atoms with Gasteiger partial charge in [-0.05, 0) is 22.0 Å². The number of rotatable bonds is 0. The Bertz CT molecular complexity index is 324. The Balaban J connectivity index is 2.60. The molecule has 1 aliphatic heterocycles. The SMILES string of the molecule is O=C1COc2ncc(Br)cc21. The fraction of sp³-hybridized carbons (Fsp3) is 0.143. The highest BCUT2D eigenvalue weighted by molar-refractivity contribution is 9.10. The van der Waals surface area contributed by atoms with Crippen molar-refractivity contribution in [2.45, 2.75) is 0 Å². The molecule has 0 aromatic carbocycles. The van der Waals surface area contributed by atoms with Gasteiger partial charge in [0, 0.05) is 10.7 Å². The van der Waals surface area contributed by atoms with E-state index >= 15 is 0 Å². The van der Waals surface area contributed by atoms with Crippen molar-refractivity contribution in [2.24, 2.45) is 0 Å². The molecule has 0 radical (unpaired) electrons. The number of hydrogen-bond acceptors (Lipinski definition) is 3. The normalized spacial score (nSPS) is 14.5. The number of ether oxygens (including phenoxy) is 1. The zero-order chi connectivity index (χ0) is 7.84. The van der Waals surface area contributed by atoms with Crippen molar-refractivity contribution < 1.29 is 9.53 Å². The van der Waals surface area contributed by atoms with E-state index in [2.05, 4.69) is 20.9 Å². The maximum atomic E-state index is 11.0. The van der Waals surface area contributed by atoms with Gasteiger partial charge < -0.3 is 4.74 Å². The predicted molar refractivity (Wildman–Crippen MR) is 41.8 cm³/mol. The lowest BCUT2D eigenvalue weighted by Gasteiger charge is -1.93. The molecule has 0 bridgehead atoms. The molecule has 0 saturated carbocycles. The minimum Gasteiger partial charge on any atom is -0.469 e. The maximum absolute atomic E-state index is 11.0. The standard InChI is InChI=1S/C7H4BrNO2/c8-4-1-5-6(10)3-11-7(5)9-2-4/h1-2H,3H2. The molecular formula is C7H4BrNO2. The smallest absolute Gasteiger partial charge is 0.225 e. The lowest BCUT2D eigenvalue weighted by atomic mass is 10.2. The monoisotopic (exact) mass is 213 g/mol. The Kier molecular flexibility index (Phi) is 1.42. The van der Waals surface area contributed by atoms with E-state index in [4.69, 9.17) is 4.74 Å². The summed E-state index contributed by atoms with van der Waals surface area (Å²) < 4.78 is 5.79. The molecule has 0 fully saturated rings. The fourth-order valence-corrected chi connectivity index (χ4v) is 1.28. The summed E-state index contributed by atoms with van der Waals surface area (Å²) in [5, 5.41) is 0. The lowest BCUT2D eigenvalue weighted by Crippen LogP contribution is -1.98. The van der Waals surface area contributed by atoms with Crippen molar-refractivity contribution in [3.63, 3.8) is 0 Å². The average Bonchev–Trinajstić information content (AvgIpc) is 2.33. The topological polar surface area (TPSA) is 39.2 Å². The summed E-state index contributed by atoms with van der Waals surface area (Å²) in [7, 11) is 0. The number of hydrogen-bond donors (Lipinski definition) is 0. The van der Waals surface area contributed by atoms with Crippen LogP contribution >= 0.6 is 15.9 Å². The van der Waals surface area contributed by atoms with E-state index in [1.807, 2.05) is 0 Å². The number of carbonyl (C=O) groups excluding carboxylic acids is 1. The Hall–Kier alpha value is -0.900. The Morgan fingerprint density at radius 3 is 3.27 bits per heavy atom. The molecule has 56 valence electrons. The molecule has 0 unspecified atom stereocenters. The molecule has 0 N–H and O–H groups in total. The van der Waals surface area contributed by atoms with E-state index in [0.717, 1.165) is 4.47 Å². The fourth-order valence-electron chi connectivity index (χ4n) is 0.953. The summed E-state index contributed by atoms with van der Waals surface area (Å²) in [6.45, 7) is 0.124. The summed E-state index contributed by atoms with van der Waals surface area (Å²) >= 11 is 3.22.